The molecular formula is C21H24ClFN6O2S. The van der Waals surface area contributed by atoms with Crippen LogP contribution in [0.15, 0.2) is 23.1 Å². The molecule has 3 aliphatic rings. The minimum atomic E-state index is -1.19. The number of aliphatic hydroxyl groups is 1. The zero-order valence-electron chi connectivity index (χ0n) is 17.5. The molecule has 1 saturated carbocycles. The maximum atomic E-state index is 15.0. The topological polar surface area (TPSA) is 104 Å². The number of nitrogens with zero attached hydrogens (tertiary/aromatic N) is 5. The smallest absolute Gasteiger partial charge is 0.228 e. The fourth-order valence-corrected chi connectivity index (χ4v) is 5.80. The van der Waals surface area contributed by atoms with Gasteiger partial charge in [-0.25, -0.2) is 19.3 Å². The summed E-state index contributed by atoms with van der Waals surface area (Å²) in [5.74, 6) is 1.49. The van der Waals surface area contributed by atoms with Gasteiger partial charge in [-0.05, 0) is 38.5 Å². The molecule has 2 N–H and O–H groups in total. The number of hydrogen-bond donors (Lipinski definition) is 2. The molecule has 4 heterocycles. The molecule has 2 aliphatic heterocycles. The van der Waals surface area contributed by atoms with E-state index in [0.717, 1.165) is 31.4 Å². The standard InChI is InChI=1S/C21H24ClFN6O2S/c22-13-9-24-18(25-10-13)14-4-7-29(11-15(14)23)20-26-16-3-1-8-32(31)17(16)19(27-20)28-21(12-30)5-2-6-21/h9-10,30H,1-8,11-12H2,(H,26,27,28)/t32-/m0/s1. The van der Waals surface area contributed by atoms with Crippen LogP contribution in [0.25, 0.3) is 5.57 Å². The minimum absolute atomic E-state index is 0.00772. The number of hydrogen-bond acceptors (Lipinski definition) is 8. The van der Waals surface area contributed by atoms with Crippen molar-refractivity contribution in [3.05, 3.63) is 34.8 Å². The molecule has 0 saturated heterocycles. The van der Waals surface area contributed by atoms with Crippen molar-refractivity contribution in [3.8, 4) is 0 Å². The SMILES string of the molecule is O=[S@]1CCCc2nc(N3CCC(c4ncc(Cl)cn4)=C(F)C3)nc(NC3(CO)CCC3)c21. The van der Waals surface area contributed by atoms with E-state index in [9.17, 15) is 9.32 Å². The lowest BCUT2D eigenvalue weighted by atomic mass is 9.77. The van der Waals surface area contributed by atoms with E-state index in [-0.39, 0.29) is 19.0 Å². The fourth-order valence-electron chi connectivity index (χ4n) is 4.37. The Bertz CT molecular complexity index is 1090. The average molecular weight is 479 g/mol. The third-order valence-corrected chi connectivity index (χ3v) is 8.09. The second kappa shape index (κ2) is 8.64. The number of aliphatic hydroxyl groups excluding tert-OH is 1. The van der Waals surface area contributed by atoms with Crippen LogP contribution in [0.4, 0.5) is 16.2 Å². The molecule has 0 aromatic carbocycles. The Morgan fingerprint density at radius 1 is 1.22 bits per heavy atom. The Morgan fingerprint density at radius 2 is 2.00 bits per heavy atom. The first-order chi connectivity index (χ1) is 15.5. The summed E-state index contributed by atoms with van der Waals surface area (Å²) in [6.45, 7) is 0.494. The summed E-state index contributed by atoms with van der Waals surface area (Å²) < 4.78 is 27.8. The number of anilines is 2. The highest BCUT2D eigenvalue weighted by Crippen LogP contribution is 2.38. The van der Waals surface area contributed by atoms with Gasteiger partial charge in [0.05, 0.1) is 40.2 Å². The fraction of sp³-hybridized carbons (Fsp3) is 0.524. The van der Waals surface area contributed by atoms with E-state index in [4.69, 9.17) is 11.6 Å². The highest BCUT2D eigenvalue weighted by atomic mass is 35.5. The van der Waals surface area contributed by atoms with Gasteiger partial charge in [-0.2, -0.15) is 4.98 Å². The zero-order valence-corrected chi connectivity index (χ0v) is 19.1. The Balaban J connectivity index is 1.47. The molecule has 1 fully saturated rings. The third-order valence-electron chi connectivity index (χ3n) is 6.35. The Hall–Kier alpha value is -2.17. The molecule has 0 spiro atoms. The maximum Gasteiger partial charge on any atom is 0.228 e. The van der Waals surface area contributed by atoms with Crippen LogP contribution < -0.4 is 10.2 Å². The number of aromatic nitrogens is 4. The van der Waals surface area contributed by atoms with Gasteiger partial charge >= 0.3 is 0 Å². The summed E-state index contributed by atoms with van der Waals surface area (Å²) in [5, 5.41) is 13.7. The number of fused-ring (bicyclic) bond motifs is 1. The molecule has 2 aromatic heterocycles. The number of aryl methyl sites for hydroxylation is 1. The predicted octanol–water partition coefficient (Wildman–Crippen LogP) is 2.89. The van der Waals surface area contributed by atoms with Gasteiger partial charge in [0.2, 0.25) is 5.95 Å². The molecule has 0 bridgehead atoms. The second-order valence-corrected chi connectivity index (χ2v) is 10.4. The number of rotatable bonds is 5. The Labute approximate surface area is 192 Å². The van der Waals surface area contributed by atoms with Gasteiger partial charge in [0.1, 0.15) is 16.5 Å². The second-order valence-electron chi connectivity index (χ2n) is 8.50. The van der Waals surface area contributed by atoms with Gasteiger partial charge in [-0.3, -0.25) is 4.21 Å². The van der Waals surface area contributed by atoms with Crippen LogP contribution in [0, 0.1) is 0 Å². The molecule has 5 rings (SSSR count). The van der Waals surface area contributed by atoms with Gasteiger partial charge in [0, 0.05) is 30.3 Å². The molecule has 0 radical (unpaired) electrons. The van der Waals surface area contributed by atoms with Crippen LogP contribution in [-0.2, 0) is 17.2 Å². The quantitative estimate of drug-likeness (QED) is 0.676. The van der Waals surface area contributed by atoms with Crippen molar-refractivity contribution in [1.82, 2.24) is 19.9 Å². The minimum Gasteiger partial charge on any atom is -0.394 e. The van der Waals surface area contributed by atoms with Crippen molar-refractivity contribution in [3.63, 3.8) is 0 Å². The summed E-state index contributed by atoms with van der Waals surface area (Å²) in [6, 6.07) is 0. The van der Waals surface area contributed by atoms with Gasteiger partial charge in [0.15, 0.2) is 5.82 Å². The Morgan fingerprint density at radius 3 is 2.66 bits per heavy atom. The lowest BCUT2D eigenvalue weighted by Gasteiger charge is -2.42. The van der Waals surface area contributed by atoms with Crippen LogP contribution in [0.5, 0.6) is 0 Å². The Kier molecular flexibility index (Phi) is 5.85. The van der Waals surface area contributed by atoms with Gasteiger partial charge in [0.25, 0.3) is 0 Å². The average Bonchev–Trinajstić information content (AvgIpc) is 2.77. The van der Waals surface area contributed by atoms with E-state index < -0.39 is 16.3 Å². The highest BCUT2D eigenvalue weighted by molar-refractivity contribution is 7.85. The van der Waals surface area contributed by atoms with E-state index in [0.29, 0.717) is 58.2 Å². The van der Waals surface area contributed by atoms with E-state index in [1.165, 1.54) is 12.4 Å². The third kappa shape index (κ3) is 3.99. The molecule has 32 heavy (non-hydrogen) atoms. The molecular weight excluding hydrogens is 455 g/mol. The van der Waals surface area contributed by atoms with Crippen LogP contribution in [0.1, 0.15) is 43.6 Å². The van der Waals surface area contributed by atoms with E-state index in [1.54, 1.807) is 4.90 Å². The molecule has 0 amide bonds. The summed E-state index contributed by atoms with van der Waals surface area (Å²) >= 11 is 5.84. The first kappa shape index (κ1) is 21.7. The van der Waals surface area contributed by atoms with Gasteiger partial charge in [-0.1, -0.05) is 11.6 Å². The summed E-state index contributed by atoms with van der Waals surface area (Å²) in [6.07, 6.45) is 7.49. The summed E-state index contributed by atoms with van der Waals surface area (Å²) in [5.41, 5.74) is 0.766. The van der Waals surface area contributed by atoms with Crippen LogP contribution >= 0.6 is 11.6 Å². The van der Waals surface area contributed by atoms with Crippen molar-refractivity contribution >= 4 is 39.7 Å². The van der Waals surface area contributed by atoms with E-state index in [1.807, 2.05) is 0 Å². The largest absolute Gasteiger partial charge is 0.394 e. The molecule has 11 heteroatoms. The van der Waals surface area contributed by atoms with Crippen LogP contribution in [0.3, 0.4) is 0 Å². The molecule has 2 aromatic rings. The summed E-state index contributed by atoms with van der Waals surface area (Å²) in [4.78, 5) is 20.0. The van der Waals surface area contributed by atoms with Crippen molar-refractivity contribution in [2.75, 3.05) is 35.7 Å². The number of halogens is 2. The number of nitrogens with one attached hydrogen (secondary N) is 1. The van der Waals surface area contributed by atoms with Crippen molar-refractivity contribution in [2.45, 2.75) is 49.0 Å². The maximum absolute atomic E-state index is 15.0. The van der Waals surface area contributed by atoms with E-state index in [2.05, 4.69) is 25.3 Å². The molecule has 8 nitrogen and oxygen atoms in total. The van der Waals surface area contributed by atoms with E-state index >= 15 is 4.39 Å². The van der Waals surface area contributed by atoms with Crippen molar-refractivity contribution in [1.29, 1.82) is 0 Å². The first-order valence-electron chi connectivity index (χ1n) is 10.8. The van der Waals surface area contributed by atoms with Crippen LogP contribution in [0.2, 0.25) is 5.02 Å². The molecule has 170 valence electrons. The normalized spacial score (nSPS) is 22.3. The van der Waals surface area contributed by atoms with Crippen molar-refractivity contribution < 1.29 is 13.7 Å². The monoisotopic (exact) mass is 478 g/mol. The van der Waals surface area contributed by atoms with Crippen LogP contribution in [-0.4, -0.2) is 60.2 Å². The predicted molar refractivity (Wildman–Crippen MR) is 121 cm³/mol. The first-order valence-corrected chi connectivity index (χ1v) is 12.5. The molecule has 0 unspecified atom stereocenters. The molecule has 1 atom stereocenters. The molecule has 1 aliphatic carbocycles. The summed E-state index contributed by atoms with van der Waals surface area (Å²) in [7, 11) is -1.19. The lowest BCUT2D eigenvalue weighted by molar-refractivity contribution is 0.143. The lowest BCUT2D eigenvalue weighted by Crippen LogP contribution is -2.49. The van der Waals surface area contributed by atoms with Gasteiger partial charge < -0.3 is 15.3 Å². The van der Waals surface area contributed by atoms with Gasteiger partial charge in [-0.15, -0.1) is 0 Å². The van der Waals surface area contributed by atoms with Crippen molar-refractivity contribution in [2.24, 2.45) is 0 Å². The zero-order chi connectivity index (χ0) is 22.3. The highest BCUT2D eigenvalue weighted by Gasteiger charge is 2.38.